The first-order chi connectivity index (χ1) is 13.2. The molecule has 0 radical (unpaired) electrons. The molecule has 0 aliphatic rings. The number of azo groups is 1. The molecular formula is C17H12BaN4O6S. The summed E-state index contributed by atoms with van der Waals surface area (Å²) in [6, 6.07) is 10.6. The quantitative estimate of drug-likeness (QED) is 0.287. The van der Waals surface area contributed by atoms with E-state index in [0.29, 0.717) is 0 Å². The van der Waals surface area contributed by atoms with Crippen LogP contribution in [0.3, 0.4) is 0 Å². The van der Waals surface area contributed by atoms with Crippen LogP contribution < -0.4 is 10.2 Å². The number of nitrogens with zero attached hydrogens (tertiary/aromatic N) is 4. The smallest absolute Gasteiger partial charge is 0.857 e. The number of aromatic carboxylic acids is 1. The van der Waals surface area contributed by atoms with Gasteiger partial charge in [-0.25, -0.2) is 4.68 Å². The average Bonchev–Trinajstić information content (AvgIpc) is 2.93. The molecule has 1 N–H and O–H groups in total. The summed E-state index contributed by atoms with van der Waals surface area (Å²) in [5, 5.41) is 35.4. The first-order valence-corrected chi connectivity index (χ1v) is 9.19. The van der Waals surface area contributed by atoms with Gasteiger partial charge in [-0.15, -0.1) is 10.2 Å². The van der Waals surface area contributed by atoms with E-state index >= 15 is 0 Å². The predicted octanol–water partition coefficient (Wildman–Crippen LogP) is 0.899. The maximum Gasteiger partial charge on any atom is 2.00 e. The Bertz CT molecular complexity index is 1190. The van der Waals surface area contributed by atoms with Gasteiger partial charge in [0.15, 0.2) is 0 Å². The molecule has 1 heterocycles. The van der Waals surface area contributed by atoms with E-state index in [1.165, 1.54) is 37.3 Å². The van der Waals surface area contributed by atoms with E-state index in [1.54, 1.807) is 6.07 Å². The maximum atomic E-state index is 12.6. The summed E-state index contributed by atoms with van der Waals surface area (Å²) in [6.07, 6.45) is 0. The van der Waals surface area contributed by atoms with Gasteiger partial charge in [-0.1, -0.05) is 18.2 Å². The third-order valence-corrected chi connectivity index (χ3v) is 4.62. The Morgan fingerprint density at radius 2 is 1.72 bits per heavy atom. The van der Waals surface area contributed by atoms with Crippen molar-refractivity contribution in [2.75, 3.05) is 0 Å². The summed E-state index contributed by atoms with van der Waals surface area (Å²) < 4.78 is 32.2. The van der Waals surface area contributed by atoms with Gasteiger partial charge in [0.05, 0.1) is 27.9 Å². The zero-order valence-electron chi connectivity index (χ0n) is 15.0. The van der Waals surface area contributed by atoms with Crippen molar-refractivity contribution in [1.29, 1.82) is 0 Å². The molecule has 144 valence electrons. The molecule has 0 unspecified atom stereocenters. The molecule has 1 aromatic heterocycles. The fraction of sp³-hybridized carbons (Fsp3) is 0.0588. The molecule has 0 spiro atoms. The number of carboxylic acids is 1. The maximum absolute atomic E-state index is 12.6. The van der Waals surface area contributed by atoms with E-state index in [1.807, 2.05) is 0 Å². The van der Waals surface area contributed by atoms with Crippen LogP contribution >= 0.6 is 0 Å². The van der Waals surface area contributed by atoms with E-state index in [-0.39, 0.29) is 82.1 Å². The number of hydrogen-bond donors (Lipinski definition) is 1. The Kier molecular flexibility index (Phi) is 7.40. The summed E-state index contributed by atoms with van der Waals surface area (Å²) in [5.41, 5.74) is 0.221. The molecular weight excluding hydrogens is 526 g/mol. The number of rotatable bonds is 5. The molecule has 0 aliphatic heterocycles. The van der Waals surface area contributed by atoms with Crippen LogP contribution in [0, 0.1) is 6.92 Å². The summed E-state index contributed by atoms with van der Waals surface area (Å²) >= 11 is 0. The van der Waals surface area contributed by atoms with Crippen molar-refractivity contribution in [1.82, 2.24) is 9.78 Å². The van der Waals surface area contributed by atoms with E-state index in [0.717, 1.165) is 16.8 Å². The van der Waals surface area contributed by atoms with Gasteiger partial charge in [0.1, 0.15) is 5.69 Å². The molecule has 0 amide bonds. The molecule has 3 aromatic rings. The van der Waals surface area contributed by atoms with Crippen LogP contribution in [-0.4, -0.2) is 77.6 Å². The molecule has 0 fully saturated rings. The Labute approximate surface area is 205 Å². The SMILES string of the molecule is Cc1nn(-c2ccc(S(=O)(=O)O)cc2)c([O-])c1N=Nc1ccccc1C(=O)[O-].[Ba+2]. The normalized spacial score (nSPS) is 11.4. The number of benzene rings is 2. The van der Waals surface area contributed by atoms with E-state index in [4.69, 9.17) is 4.55 Å². The van der Waals surface area contributed by atoms with Gasteiger partial charge in [0.25, 0.3) is 10.1 Å². The monoisotopic (exact) mass is 538 g/mol. The predicted molar refractivity (Wildman–Crippen MR) is 98.3 cm³/mol. The van der Waals surface area contributed by atoms with Crippen LogP contribution in [0.4, 0.5) is 11.4 Å². The number of hydrogen-bond acceptors (Lipinski definition) is 8. The second-order valence-electron chi connectivity index (χ2n) is 5.62. The first-order valence-electron chi connectivity index (χ1n) is 7.75. The van der Waals surface area contributed by atoms with Crippen molar-refractivity contribution in [2.45, 2.75) is 11.8 Å². The molecule has 0 aliphatic carbocycles. The van der Waals surface area contributed by atoms with Gasteiger partial charge in [-0.2, -0.15) is 13.5 Å². The zero-order valence-corrected chi connectivity index (χ0v) is 20.3. The summed E-state index contributed by atoms with van der Waals surface area (Å²) in [6.45, 7) is 1.52. The molecule has 3 rings (SSSR count). The van der Waals surface area contributed by atoms with Crippen molar-refractivity contribution in [2.24, 2.45) is 10.2 Å². The van der Waals surface area contributed by atoms with Gasteiger partial charge in [0.2, 0.25) is 0 Å². The second-order valence-corrected chi connectivity index (χ2v) is 7.05. The van der Waals surface area contributed by atoms with Crippen LogP contribution in [0.15, 0.2) is 63.7 Å². The fourth-order valence-corrected chi connectivity index (χ4v) is 2.86. The standard InChI is InChI=1S/C17H14N4O6S.Ba/c1-10-15(19-18-14-5-3-2-4-13(14)17(23)24)16(22)21(20-10)11-6-8-12(9-7-11)28(25,26)27;/h2-9,22H,1H3,(H,23,24)(H,25,26,27);/q;+2/p-2. The van der Waals surface area contributed by atoms with Gasteiger partial charge >= 0.3 is 48.9 Å². The van der Waals surface area contributed by atoms with Gasteiger partial charge in [-0.3, -0.25) is 4.55 Å². The minimum Gasteiger partial charge on any atom is -0.857 e. The largest absolute Gasteiger partial charge is 2.00 e. The Hall–Kier alpha value is -2.00. The number of aryl methyl sites for hydroxylation is 1. The fourth-order valence-electron chi connectivity index (χ4n) is 2.38. The molecule has 0 atom stereocenters. The third-order valence-electron chi connectivity index (χ3n) is 3.75. The summed E-state index contributed by atoms with van der Waals surface area (Å²) in [4.78, 5) is 10.8. The van der Waals surface area contributed by atoms with Gasteiger partial charge in [0, 0.05) is 11.4 Å². The van der Waals surface area contributed by atoms with E-state index < -0.39 is 22.0 Å². The molecule has 0 bridgehead atoms. The van der Waals surface area contributed by atoms with E-state index in [9.17, 15) is 23.4 Å². The van der Waals surface area contributed by atoms with Crippen molar-refractivity contribution in [3.05, 3.63) is 59.8 Å². The second kappa shape index (κ2) is 9.21. The molecule has 12 heteroatoms. The minimum absolute atomic E-state index is 0. The van der Waals surface area contributed by atoms with Gasteiger partial charge in [-0.05, 0) is 37.3 Å². The zero-order chi connectivity index (χ0) is 20.5. The summed E-state index contributed by atoms with van der Waals surface area (Å²) in [7, 11) is -4.36. The van der Waals surface area contributed by atoms with E-state index in [2.05, 4.69) is 15.3 Å². The van der Waals surface area contributed by atoms with Crippen LogP contribution in [0.2, 0.25) is 0 Å². The Balaban J connectivity index is 0.00000300. The molecule has 29 heavy (non-hydrogen) atoms. The molecule has 10 nitrogen and oxygen atoms in total. The number of carbonyl (C=O) groups is 1. The molecule has 0 saturated carbocycles. The van der Waals surface area contributed by atoms with Crippen LogP contribution in [-0.2, 0) is 10.1 Å². The van der Waals surface area contributed by atoms with Gasteiger partial charge < -0.3 is 15.0 Å². The van der Waals surface area contributed by atoms with Crippen molar-refractivity contribution in [3.63, 3.8) is 0 Å². The molecule has 2 aromatic carbocycles. The van der Waals surface area contributed by atoms with Crippen molar-refractivity contribution < 1.29 is 28.0 Å². The van der Waals surface area contributed by atoms with Crippen LogP contribution in [0.1, 0.15) is 16.1 Å². The van der Waals surface area contributed by atoms with Crippen LogP contribution in [0.25, 0.3) is 5.69 Å². The number of carboxylic acid groups (broad SMARTS) is 1. The van der Waals surface area contributed by atoms with Crippen molar-refractivity contribution >= 4 is 76.3 Å². The first kappa shape index (κ1) is 23.3. The topological polar surface area (TPSA) is 160 Å². The number of aromatic nitrogens is 2. The summed E-state index contributed by atoms with van der Waals surface area (Å²) in [5.74, 6) is -2.06. The third kappa shape index (κ3) is 5.14. The molecule has 0 saturated heterocycles. The van der Waals surface area contributed by atoms with Crippen molar-refractivity contribution in [3.8, 4) is 11.6 Å². The van der Waals surface area contributed by atoms with Crippen LogP contribution in [0.5, 0.6) is 5.88 Å². The number of carbonyl (C=O) groups excluding carboxylic acids is 1. The Morgan fingerprint density at radius 3 is 2.31 bits per heavy atom. The minimum atomic E-state index is -4.36. The average molecular weight is 538 g/mol. The Morgan fingerprint density at radius 1 is 1.10 bits per heavy atom.